The van der Waals surface area contributed by atoms with Gasteiger partial charge in [0.2, 0.25) is 0 Å². The molecule has 6 heteroatoms. The van der Waals surface area contributed by atoms with Gasteiger partial charge in [0.05, 0.1) is 5.56 Å². The number of nitrogens with zero attached hydrogens (tertiary/aromatic N) is 3. The van der Waals surface area contributed by atoms with Crippen LogP contribution in [0.15, 0.2) is 71.7 Å². The number of urea groups is 1. The maximum Gasteiger partial charge on any atom is 0.318 e. The molecule has 3 aromatic rings. The number of carbonyl (C=O) groups excluding carboxylic acids is 1. The predicted octanol–water partition coefficient (Wildman–Crippen LogP) is 5.40. The van der Waals surface area contributed by atoms with Gasteiger partial charge in [-0.25, -0.2) is 9.79 Å². The lowest BCUT2D eigenvalue weighted by molar-refractivity contribution is 0.134. The van der Waals surface area contributed by atoms with Crippen LogP contribution >= 0.6 is 0 Å². The zero-order valence-corrected chi connectivity index (χ0v) is 19.9. The molecule has 0 unspecified atom stereocenters. The molecule has 0 radical (unpaired) electrons. The first-order chi connectivity index (χ1) is 16.5. The van der Waals surface area contributed by atoms with Gasteiger partial charge >= 0.3 is 6.03 Å². The Morgan fingerprint density at radius 1 is 1.00 bits per heavy atom. The Labute approximate surface area is 200 Å². The van der Waals surface area contributed by atoms with E-state index in [0.29, 0.717) is 26.2 Å². The first kappa shape index (κ1) is 22.0. The third kappa shape index (κ3) is 4.49. The topological polar surface area (TPSA) is 57.2 Å². The van der Waals surface area contributed by atoms with Gasteiger partial charge in [-0.3, -0.25) is 0 Å². The van der Waals surface area contributed by atoms with Crippen LogP contribution in [0.25, 0.3) is 0 Å². The van der Waals surface area contributed by atoms with Crippen LogP contribution in [-0.4, -0.2) is 47.3 Å². The quantitative estimate of drug-likeness (QED) is 0.564. The zero-order valence-electron chi connectivity index (χ0n) is 19.9. The maximum atomic E-state index is 12.9. The van der Waals surface area contributed by atoms with Crippen molar-refractivity contribution >= 4 is 17.6 Å². The van der Waals surface area contributed by atoms with Gasteiger partial charge in [0.15, 0.2) is 5.75 Å². The lowest BCUT2D eigenvalue weighted by Crippen LogP contribution is -2.57. The lowest BCUT2D eigenvalue weighted by Gasteiger charge is -2.41. The molecule has 0 aromatic heterocycles. The molecule has 174 valence electrons. The number of aryl methyl sites for hydroxylation is 2. The largest absolute Gasteiger partial charge is 0.454 e. The number of hydrogen-bond donors (Lipinski definition) is 1. The molecule has 0 saturated carbocycles. The Bertz CT molecular complexity index is 1250. The molecule has 6 nitrogen and oxygen atoms in total. The summed E-state index contributed by atoms with van der Waals surface area (Å²) in [4.78, 5) is 22.2. The van der Waals surface area contributed by atoms with Crippen LogP contribution in [0.5, 0.6) is 11.5 Å². The predicted molar refractivity (Wildman–Crippen MR) is 135 cm³/mol. The van der Waals surface area contributed by atoms with Crippen molar-refractivity contribution in [3.63, 3.8) is 0 Å². The first-order valence-corrected chi connectivity index (χ1v) is 11.8. The van der Waals surface area contributed by atoms with E-state index in [1.807, 2.05) is 47.4 Å². The van der Waals surface area contributed by atoms with E-state index in [2.05, 4.69) is 55.3 Å². The Hall–Kier alpha value is -3.80. The minimum absolute atomic E-state index is 0.0268. The summed E-state index contributed by atoms with van der Waals surface area (Å²) in [6.45, 7) is 8.77. The fourth-order valence-electron chi connectivity index (χ4n) is 4.62. The Morgan fingerprint density at radius 2 is 1.82 bits per heavy atom. The Balaban J connectivity index is 1.33. The van der Waals surface area contributed by atoms with Crippen molar-refractivity contribution in [3.8, 4) is 11.5 Å². The van der Waals surface area contributed by atoms with Crippen LogP contribution < -0.4 is 10.1 Å². The molecule has 1 N–H and O–H groups in total. The summed E-state index contributed by atoms with van der Waals surface area (Å²) >= 11 is 0. The van der Waals surface area contributed by atoms with E-state index in [9.17, 15) is 4.79 Å². The number of rotatable bonds is 2. The number of hydrogen-bond acceptors (Lipinski definition) is 4. The SMILES string of the molecule is Cc1cccc(CNC(=O)N2CCN(C3=Nc4ccc(C)cc4Oc4ccccc43)C[C@@H]2C)c1. The van der Waals surface area contributed by atoms with Crippen molar-refractivity contribution in [3.05, 3.63) is 89.0 Å². The molecule has 2 aliphatic rings. The highest BCUT2D eigenvalue weighted by Crippen LogP contribution is 2.38. The molecule has 0 bridgehead atoms. The third-order valence-corrected chi connectivity index (χ3v) is 6.40. The zero-order chi connectivity index (χ0) is 23.7. The molecule has 1 saturated heterocycles. The number of ether oxygens (including phenoxy) is 1. The molecule has 1 atom stereocenters. The minimum atomic E-state index is -0.0268. The Kier molecular flexibility index (Phi) is 5.97. The summed E-state index contributed by atoms with van der Waals surface area (Å²) in [5, 5.41) is 3.08. The lowest BCUT2D eigenvalue weighted by atomic mass is 10.1. The summed E-state index contributed by atoms with van der Waals surface area (Å²) in [6, 6.07) is 22.4. The summed E-state index contributed by atoms with van der Waals surface area (Å²) in [7, 11) is 0. The Morgan fingerprint density at radius 3 is 2.65 bits per heavy atom. The van der Waals surface area contributed by atoms with Gasteiger partial charge in [-0.15, -0.1) is 0 Å². The van der Waals surface area contributed by atoms with E-state index in [1.165, 1.54) is 5.56 Å². The maximum absolute atomic E-state index is 12.9. The van der Waals surface area contributed by atoms with Crippen molar-refractivity contribution in [1.29, 1.82) is 0 Å². The normalized spacial score (nSPS) is 17.1. The smallest absolute Gasteiger partial charge is 0.318 e. The number of fused-ring (bicyclic) bond motifs is 2. The number of amides is 2. The van der Waals surface area contributed by atoms with E-state index in [1.54, 1.807) is 0 Å². The average molecular weight is 455 g/mol. The van der Waals surface area contributed by atoms with E-state index in [-0.39, 0.29) is 12.1 Å². The van der Waals surface area contributed by atoms with Crippen molar-refractivity contribution < 1.29 is 9.53 Å². The number of carbonyl (C=O) groups is 1. The van der Waals surface area contributed by atoms with Crippen LogP contribution in [0, 0.1) is 13.8 Å². The molecule has 34 heavy (non-hydrogen) atoms. The second kappa shape index (κ2) is 9.21. The van der Waals surface area contributed by atoms with E-state index in [4.69, 9.17) is 9.73 Å². The molecule has 2 aliphatic heterocycles. The van der Waals surface area contributed by atoms with Crippen LogP contribution in [0.3, 0.4) is 0 Å². The first-order valence-electron chi connectivity index (χ1n) is 11.8. The molecule has 3 aromatic carbocycles. The summed E-state index contributed by atoms with van der Waals surface area (Å²) < 4.78 is 6.26. The van der Waals surface area contributed by atoms with Crippen LogP contribution in [0.2, 0.25) is 0 Å². The molecule has 0 spiro atoms. The summed E-state index contributed by atoms with van der Waals surface area (Å²) in [5.41, 5.74) is 5.23. The third-order valence-electron chi connectivity index (χ3n) is 6.40. The fraction of sp³-hybridized carbons (Fsp3) is 0.286. The number of nitrogens with one attached hydrogen (secondary N) is 1. The second-order valence-corrected chi connectivity index (χ2v) is 9.14. The standard InChI is InChI=1S/C28H30N4O2/c1-19-7-6-8-22(15-19)17-29-28(33)32-14-13-31(18-21(32)3)27-23-9-4-5-10-25(23)34-26-16-20(2)11-12-24(26)30-27/h4-12,15-16,21H,13-14,17-18H2,1-3H3,(H,29,33)/t21-/m0/s1. The van der Waals surface area contributed by atoms with Gasteiger partial charge < -0.3 is 19.9 Å². The van der Waals surface area contributed by atoms with Gasteiger partial charge in [0, 0.05) is 32.2 Å². The molecule has 2 amide bonds. The molecular weight excluding hydrogens is 424 g/mol. The van der Waals surface area contributed by atoms with Crippen LogP contribution in [-0.2, 0) is 6.54 Å². The highest BCUT2D eigenvalue weighted by atomic mass is 16.5. The highest BCUT2D eigenvalue weighted by molar-refractivity contribution is 6.03. The number of amidine groups is 1. The van der Waals surface area contributed by atoms with Crippen molar-refractivity contribution in [2.24, 2.45) is 4.99 Å². The number of benzene rings is 3. The fourth-order valence-corrected chi connectivity index (χ4v) is 4.62. The molecule has 2 heterocycles. The van der Waals surface area contributed by atoms with Crippen molar-refractivity contribution in [2.75, 3.05) is 19.6 Å². The number of aliphatic imine (C=N–C) groups is 1. The van der Waals surface area contributed by atoms with E-state index >= 15 is 0 Å². The molecule has 1 fully saturated rings. The van der Waals surface area contributed by atoms with Crippen LogP contribution in [0.1, 0.15) is 29.2 Å². The van der Waals surface area contributed by atoms with E-state index < -0.39 is 0 Å². The van der Waals surface area contributed by atoms with Crippen molar-refractivity contribution in [1.82, 2.24) is 15.1 Å². The molecular formula is C28H30N4O2. The summed E-state index contributed by atoms with van der Waals surface area (Å²) in [5.74, 6) is 2.46. The van der Waals surface area contributed by atoms with Gasteiger partial charge in [-0.05, 0) is 56.2 Å². The average Bonchev–Trinajstić information content (AvgIpc) is 2.99. The molecule has 0 aliphatic carbocycles. The van der Waals surface area contributed by atoms with Crippen LogP contribution in [0.4, 0.5) is 10.5 Å². The molecule has 5 rings (SSSR count). The summed E-state index contributed by atoms with van der Waals surface area (Å²) in [6.07, 6.45) is 0. The van der Waals surface area contributed by atoms with E-state index in [0.717, 1.165) is 39.7 Å². The van der Waals surface area contributed by atoms with Gasteiger partial charge in [-0.1, -0.05) is 48.0 Å². The van der Waals surface area contributed by atoms with Gasteiger partial charge in [0.25, 0.3) is 0 Å². The van der Waals surface area contributed by atoms with Gasteiger partial charge in [0.1, 0.15) is 17.3 Å². The monoisotopic (exact) mass is 454 g/mol. The van der Waals surface area contributed by atoms with Crippen molar-refractivity contribution in [2.45, 2.75) is 33.4 Å². The minimum Gasteiger partial charge on any atom is -0.454 e. The highest BCUT2D eigenvalue weighted by Gasteiger charge is 2.31. The van der Waals surface area contributed by atoms with Gasteiger partial charge in [-0.2, -0.15) is 0 Å². The number of para-hydroxylation sites is 1. The second-order valence-electron chi connectivity index (χ2n) is 9.14. The number of piperazine rings is 1.